The molecule has 0 aromatic heterocycles. The number of hydrogen-bond donors (Lipinski definition) is 0. The summed E-state index contributed by atoms with van der Waals surface area (Å²) in [5.74, 6) is 0.648. The van der Waals surface area contributed by atoms with Crippen LogP contribution >= 0.6 is 11.6 Å². The van der Waals surface area contributed by atoms with Crippen LogP contribution in [0.4, 0.5) is 0 Å². The lowest BCUT2D eigenvalue weighted by molar-refractivity contribution is -0.144. The molecule has 1 saturated carbocycles. The predicted octanol–water partition coefficient (Wildman–Crippen LogP) is 4.38. The van der Waals surface area contributed by atoms with Crippen molar-refractivity contribution in [1.82, 2.24) is 14.8 Å². The summed E-state index contributed by atoms with van der Waals surface area (Å²) in [4.78, 5) is 31.6. The van der Waals surface area contributed by atoms with E-state index in [9.17, 15) is 9.59 Å². The third-order valence-electron chi connectivity index (χ3n) is 7.98. The number of morpholine rings is 1. The van der Waals surface area contributed by atoms with Gasteiger partial charge in [0.1, 0.15) is 12.3 Å². The molecule has 8 nitrogen and oxygen atoms in total. The molecule has 2 aliphatic heterocycles. The Balaban J connectivity index is 1.38. The normalized spacial score (nSPS) is 20.2. The van der Waals surface area contributed by atoms with Crippen LogP contribution < -0.4 is 4.74 Å². The summed E-state index contributed by atoms with van der Waals surface area (Å²) in [6.45, 7) is 4.34. The average molecular weight is 553 g/mol. The molecule has 1 aliphatic carbocycles. The zero-order valence-corrected chi connectivity index (χ0v) is 23.3. The molecule has 5 rings (SSSR count). The molecule has 9 heteroatoms. The molecule has 0 N–H and O–H groups in total. The summed E-state index contributed by atoms with van der Waals surface area (Å²) in [5.41, 5.74) is 2.54. The SMILES string of the molecule is COc1ccc(C2CC(c3ccccc3Cl)=NN2C(=O)CN(CCN2CCOCC2)C(=O)C2CCCC2)cc1. The molecule has 2 heterocycles. The molecule has 1 saturated heterocycles. The summed E-state index contributed by atoms with van der Waals surface area (Å²) < 4.78 is 10.8. The van der Waals surface area contributed by atoms with Gasteiger partial charge in [-0.2, -0.15) is 5.10 Å². The average Bonchev–Trinajstić information content (AvgIpc) is 3.67. The Morgan fingerprint density at radius 3 is 2.49 bits per heavy atom. The number of carbonyl (C=O) groups is 2. The van der Waals surface area contributed by atoms with Gasteiger partial charge in [-0.05, 0) is 36.6 Å². The molecule has 208 valence electrons. The van der Waals surface area contributed by atoms with Crippen molar-refractivity contribution in [3.63, 3.8) is 0 Å². The largest absolute Gasteiger partial charge is 0.497 e. The van der Waals surface area contributed by atoms with Gasteiger partial charge in [-0.15, -0.1) is 0 Å². The molecule has 0 radical (unpaired) electrons. The Labute approximate surface area is 235 Å². The van der Waals surface area contributed by atoms with E-state index in [1.54, 1.807) is 17.0 Å². The quantitative estimate of drug-likeness (QED) is 0.461. The Bertz CT molecular complexity index is 1180. The van der Waals surface area contributed by atoms with E-state index >= 15 is 0 Å². The van der Waals surface area contributed by atoms with E-state index in [0.29, 0.717) is 31.2 Å². The maximum absolute atomic E-state index is 13.9. The second kappa shape index (κ2) is 12.9. The molecule has 1 atom stereocenters. The van der Waals surface area contributed by atoms with Gasteiger partial charge in [0.15, 0.2) is 0 Å². The third kappa shape index (κ3) is 6.62. The number of nitrogens with zero attached hydrogens (tertiary/aromatic N) is 4. The van der Waals surface area contributed by atoms with Crippen LogP contribution in [0.3, 0.4) is 0 Å². The van der Waals surface area contributed by atoms with Crippen molar-refractivity contribution in [3.05, 3.63) is 64.7 Å². The highest BCUT2D eigenvalue weighted by atomic mass is 35.5. The first kappa shape index (κ1) is 27.6. The second-order valence-electron chi connectivity index (χ2n) is 10.5. The number of rotatable bonds is 9. The molecule has 0 spiro atoms. The first-order chi connectivity index (χ1) is 19.0. The van der Waals surface area contributed by atoms with Crippen molar-refractivity contribution in [2.24, 2.45) is 11.0 Å². The fourth-order valence-electron chi connectivity index (χ4n) is 5.70. The van der Waals surface area contributed by atoms with Gasteiger partial charge in [-0.1, -0.05) is 54.8 Å². The maximum Gasteiger partial charge on any atom is 0.262 e. The van der Waals surface area contributed by atoms with E-state index in [2.05, 4.69) is 4.90 Å². The summed E-state index contributed by atoms with van der Waals surface area (Å²) in [5, 5.41) is 6.96. The molecule has 0 bridgehead atoms. The third-order valence-corrected chi connectivity index (χ3v) is 8.31. The van der Waals surface area contributed by atoms with E-state index in [1.165, 1.54) is 0 Å². The summed E-state index contributed by atoms with van der Waals surface area (Å²) in [6, 6.07) is 15.0. The van der Waals surface area contributed by atoms with Crippen molar-refractivity contribution in [2.45, 2.75) is 38.1 Å². The smallest absolute Gasteiger partial charge is 0.262 e. The van der Waals surface area contributed by atoms with Crippen LogP contribution in [0.5, 0.6) is 5.75 Å². The second-order valence-corrected chi connectivity index (χ2v) is 10.9. The van der Waals surface area contributed by atoms with Crippen LogP contribution in [0.1, 0.15) is 49.3 Å². The molecule has 3 aliphatic rings. The molecular weight excluding hydrogens is 516 g/mol. The van der Waals surface area contributed by atoms with Crippen molar-refractivity contribution < 1.29 is 19.1 Å². The number of ether oxygens (including phenoxy) is 2. The summed E-state index contributed by atoms with van der Waals surface area (Å²) in [6.07, 6.45) is 4.46. The minimum absolute atomic E-state index is 0.000593. The van der Waals surface area contributed by atoms with Gasteiger partial charge < -0.3 is 14.4 Å². The lowest BCUT2D eigenvalue weighted by atomic mass is 9.98. The molecule has 1 unspecified atom stereocenters. The lowest BCUT2D eigenvalue weighted by Crippen LogP contribution is -2.47. The van der Waals surface area contributed by atoms with E-state index in [-0.39, 0.29) is 30.3 Å². The molecule has 39 heavy (non-hydrogen) atoms. The monoisotopic (exact) mass is 552 g/mol. The topological polar surface area (TPSA) is 74.7 Å². The number of carbonyl (C=O) groups excluding carboxylic acids is 2. The Kier molecular flexibility index (Phi) is 9.17. The molecule has 2 aromatic carbocycles. The highest BCUT2D eigenvalue weighted by Crippen LogP contribution is 2.35. The van der Waals surface area contributed by atoms with Crippen LogP contribution in [0.25, 0.3) is 0 Å². The summed E-state index contributed by atoms with van der Waals surface area (Å²) >= 11 is 6.51. The number of methoxy groups -OCH3 is 1. The summed E-state index contributed by atoms with van der Waals surface area (Å²) in [7, 11) is 1.63. The van der Waals surface area contributed by atoms with Crippen LogP contribution in [-0.4, -0.2) is 85.4 Å². The van der Waals surface area contributed by atoms with Crippen LogP contribution in [0.15, 0.2) is 53.6 Å². The van der Waals surface area contributed by atoms with Gasteiger partial charge in [-0.3, -0.25) is 14.5 Å². The van der Waals surface area contributed by atoms with E-state index in [0.717, 1.165) is 67.9 Å². The molecule has 2 aromatic rings. The van der Waals surface area contributed by atoms with Crippen molar-refractivity contribution in [3.8, 4) is 5.75 Å². The van der Waals surface area contributed by atoms with Crippen molar-refractivity contribution in [2.75, 3.05) is 53.0 Å². The van der Waals surface area contributed by atoms with Gasteiger partial charge in [0.25, 0.3) is 5.91 Å². The zero-order valence-electron chi connectivity index (χ0n) is 22.6. The lowest BCUT2D eigenvalue weighted by Gasteiger charge is -2.32. The van der Waals surface area contributed by atoms with Crippen molar-refractivity contribution in [1.29, 1.82) is 0 Å². The molecular formula is C30H37ClN4O4. The maximum atomic E-state index is 13.9. The highest BCUT2D eigenvalue weighted by Gasteiger charge is 2.36. The van der Waals surface area contributed by atoms with Crippen LogP contribution in [0, 0.1) is 5.92 Å². The number of amides is 2. The van der Waals surface area contributed by atoms with Gasteiger partial charge in [-0.25, -0.2) is 5.01 Å². The minimum Gasteiger partial charge on any atom is -0.497 e. The molecule has 2 fully saturated rings. The highest BCUT2D eigenvalue weighted by molar-refractivity contribution is 6.34. The van der Waals surface area contributed by atoms with Gasteiger partial charge in [0.05, 0.1) is 32.1 Å². The first-order valence-electron chi connectivity index (χ1n) is 13.9. The zero-order chi connectivity index (χ0) is 27.2. The Hall–Kier alpha value is -2.94. The van der Waals surface area contributed by atoms with Crippen LogP contribution in [-0.2, 0) is 14.3 Å². The number of hydrazone groups is 1. The van der Waals surface area contributed by atoms with E-state index < -0.39 is 0 Å². The number of halogens is 1. The Morgan fingerprint density at radius 2 is 1.79 bits per heavy atom. The van der Waals surface area contributed by atoms with Gasteiger partial charge in [0, 0.05) is 49.1 Å². The standard InChI is InChI=1S/C30H37ClN4O4/c1-38-24-12-10-22(11-13-24)28-20-27(25-8-4-5-9-26(25)31)32-35(28)29(36)21-34(30(37)23-6-2-3-7-23)15-14-33-16-18-39-19-17-33/h4-5,8-13,23,28H,2-3,6-7,14-21H2,1H3. The predicted molar refractivity (Wildman–Crippen MR) is 151 cm³/mol. The molecule has 2 amide bonds. The minimum atomic E-state index is -0.294. The van der Waals surface area contributed by atoms with Gasteiger partial charge in [0.2, 0.25) is 5.91 Å². The fourth-order valence-corrected chi connectivity index (χ4v) is 5.95. The first-order valence-corrected chi connectivity index (χ1v) is 14.3. The fraction of sp³-hybridized carbons (Fsp3) is 0.500. The van der Waals surface area contributed by atoms with Crippen LogP contribution in [0.2, 0.25) is 5.02 Å². The number of benzene rings is 2. The van der Waals surface area contributed by atoms with Crippen molar-refractivity contribution >= 4 is 29.1 Å². The van der Waals surface area contributed by atoms with E-state index in [4.69, 9.17) is 26.2 Å². The van der Waals surface area contributed by atoms with E-state index in [1.807, 2.05) is 48.5 Å². The Morgan fingerprint density at radius 1 is 1.08 bits per heavy atom. The number of hydrogen-bond acceptors (Lipinski definition) is 6. The van der Waals surface area contributed by atoms with Gasteiger partial charge >= 0.3 is 0 Å².